The number of nitrogens with zero attached hydrogens (tertiary/aromatic N) is 3. The third-order valence-corrected chi connectivity index (χ3v) is 4.09. The van der Waals surface area contributed by atoms with Gasteiger partial charge < -0.3 is 10.1 Å². The van der Waals surface area contributed by atoms with Crippen LogP contribution in [0.15, 0.2) is 42.6 Å². The first-order valence-corrected chi connectivity index (χ1v) is 8.11. The molecule has 9 heteroatoms. The van der Waals surface area contributed by atoms with Gasteiger partial charge in [0.25, 0.3) is 0 Å². The molecule has 0 aliphatic heterocycles. The van der Waals surface area contributed by atoms with Crippen molar-refractivity contribution >= 4 is 16.5 Å². The monoisotopic (exact) mass is 366 g/mol. The molecule has 2 heterocycles. The van der Waals surface area contributed by atoms with Crippen LogP contribution in [0.3, 0.4) is 0 Å². The highest BCUT2D eigenvalue weighted by Crippen LogP contribution is 2.20. The highest BCUT2D eigenvalue weighted by Gasteiger charge is 2.09. The first-order chi connectivity index (χ1) is 12.1. The molecule has 2 aromatic heterocycles. The highest BCUT2D eigenvalue weighted by atomic mass is 32.1. The van der Waals surface area contributed by atoms with E-state index in [2.05, 4.69) is 25.2 Å². The summed E-state index contributed by atoms with van der Waals surface area (Å²) in [7, 11) is 0. The zero-order chi connectivity index (χ0) is 17.6. The van der Waals surface area contributed by atoms with Gasteiger partial charge in [-0.15, -0.1) is 10.2 Å². The van der Waals surface area contributed by atoms with Gasteiger partial charge in [-0.25, -0.2) is 4.39 Å². The summed E-state index contributed by atoms with van der Waals surface area (Å²) in [4.78, 5) is 4.02. The molecule has 0 fully saturated rings. The van der Waals surface area contributed by atoms with Gasteiger partial charge in [-0.05, 0) is 23.8 Å². The summed E-state index contributed by atoms with van der Waals surface area (Å²) in [5.41, 5.74) is 1.19. The van der Waals surface area contributed by atoms with E-state index in [1.807, 2.05) is 0 Å². The van der Waals surface area contributed by atoms with Crippen LogP contribution in [0.2, 0.25) is 0 Å². The summed E-state index contributed by atoms with van der Waals surface area (Å²) in [6.07, 6.45) is 1.59. The van der Waals surface area contributed by atoms with E-state index in [0.717, 1.165) is 0 Å². The van der Waals surface area contributed by atoms with E-state index in [0.29, 0.717) is 34.4 Å². The molecule has 5 nitrogen and oxygen atoms in total. The number of nitrogens with one attached hydrogen (secondary N) is 1. The second-order valence-electron chi connectivity index (χ2n) is 4.99. The number of hydrogen-bond acceptors (Lipinski definition) is 6. The Labute approximate surface area is 145 Å². The molecule has 130 valence electrons. The molecule has 3 aromatic rings. The highest BCUT2D eigenvalue weighted by molar-refractivity contribution is 7.15. The first-order valence-electron chi connectivity index (χ1n) is 7.29. The smallest absolute Gasteiger partial charge is 0.387 e. The van der Waals surface area contributed by atoms with Crippen molar-refractivity contribution in [1.29, 1.82) is 0 Å². The third kappa shape index (κ3) is 4.90. The average molecular weight is 366 g/mol. The van der Waals surface area contributed by atoms with Gasteiger partial charge in [0.2, 0.25) is 5.13 Å². The Morgan fingerprint density at radius 2 is 1.96 bits per heavy atom. The summed E-state index contributed by atoms with van der Waals surface area (Å²) >= 11 is 1.32. The molecule has 0 aliphatic rings. The zero-order valence-electron chi connectivity index (χ0n) is 12.8. The molecule has 0 unspecified atom stereocenters. The molecule has 3 rings (SSSR count). The summed E-state index contributed by atoms with van der Waals surface area (Å²) < 4.78 is 42.0. The van der Waals surface area contributed by atoms with E-state index in [9.17, 15) is 13.2 Å². The fraction of sp³-hybridized carbons (Fsp3) is 0.188. The lowest BCUT2D eigenvalue weighted by atomic mass is 10.1. The van der Waals surface area contributed by atoms with Gasteiger partial charge in [0.1, 0.15) is 16.6 Å². The minimum Gasteiger partial charge on any atom is -0.433 e. The number of hydrogen-bond donors (Lipinski definition) is 1. The Balaban J connectivity index is 1.56. The van der Waals surface area contributed by atoms with Crippen molar-refractivity contribution < 1.29 is 17.9 Å². The predicted octanol–water partition coefficient (Wildman–Crippen LogP) is 3.88. The van der Waals surface area contributed by atoms with Crippen LogP contribution in [0, 0.1) is 5.82 Å². The van der Waals surface area contributed by atoms with E-state index in [1.165, 1.54) is 29.7 Å². The van der Waals surface area contributed by atoms with E-state index in [4.69, 9.17) is 0 Å². The van der Waals surface area contributed by atoms with E-state index in [1.54, 1.807) is 24.3 Å². The normalized spacial score (nSPS) is 10.9. The van der Waals surface area contributed by atoms with Crippen molar-refractivity contribution in [2.75, 3.05) is 5.32 Å². The minimum atomic E-state index is -2.87. The third-order valence-electron chi connectivity index (χ3n) is 3.21. The number of pyridine rings is 1. The Bertz CT molecular complexity index is 826. The van der Waals surface area contributed by atoms with Gasteiger partial charge in [-0.2, -0.15) is 8.78 Å². The summed E-state index contributed by atoms with van der Waals surface area (Å²) in [6.45, 7) is -2.52. The van der Waals surface area contributed by atoms with Gasteiger partial charge >= 0.3 is 6.61 Å². The second kappa shape index (κ2) is 7.93. The van der Waals surface area contributed by atoms with Crippen molar-refractivity contribution in [3.8, 4) is 5.75 Å². The van der Waals surface area contributed by atoms with Crippen LogP contribution in [0.1, 0.15) is 16.3 Å². The van der Waals surface area contributed by atoms with Gasteiger partial charge in [-0.1, -0.05) is 29.5 Å². The van der Waals surface area contributed by atoms with Crippen molar-refractivity contribution in [2.45, 2.75) is 19.6 Å². The van der Waals surface area contributed by atoms with Crippen molar-refractivity contribution in [1.82, 2.24) is 15.2 Å². The van der Waals surface area contributed by atoms with Crippen molar-refractivity contribution in [3.05, 3.63) is 64.7 Å². The largest absolute Gasteiger partial charge is 0.433 e. The maximum atomic E-state index is 13.6. The van der Waals surface area contributed by atoms with Crippen LogP contribution < -0.4 is 10.1 Å². The predicted molar refractivity (Wildman–Crippen MR) is 87.3 cm³/mol. The SMILES string of the molecule is Fc1ccccc1Cc1nnc(NCc2ccc(OC(F)F)cn2)s1. The Hall–Kier alpha value is -2.68. The molecule has 25 heavy (non-hydrogen) atoms. The minimum absolute atomic E-state index is 0.00170. The van der Waals surface area contributed by atoms with E-state index in [-0.39, 0.29) is 11.6 Å². The molecule has 0 bridgehead atoms. The van der Waals surface area contributed by atoms with Crippen molar-refractivity contribution in [2.24, 2.45) is 0 Å². The number of benzene rings is 1. The Kier molecular flexibility index (Phi) is 5.44. The molecule has 0 radical (unpaired) electrons. The van der Waals surface area contributed by atoms with Crippen LogP contribution >= 0.6 is 11.3 Å². The molecule has 1 aromatic carbocycles. The van der Waals surface area contributed by atoms with Gasteiger partial charge in [0, 0.05) is 6.42 Å². The average Bonchev–Trinajstić information content (AvgIpc) is 3.03. The molecule has 0 spiro atoms. The lowest BCUT2D eigenvalue weighted by Gasteiger charge is -2.05. The quantitative estimate of drug-likeness (QED) is 0.688. The van der Waals surface area contributed by atoms with Crippen LogP contribution in [0.25, 0.3) is 0 Å². The molecule has 0 atom stereocenters. The second-order valence-corrected chi connectivity index (χ2v) is 6.05. The number of ether oxygens (including phenoxy) is 1. The fourth-order valence-electron chi connectivity index (χ4n) is 2.06. The zero-order valence-corrected chi connectivity index (χ0v) is 13.6. The molecule has 0 saturated heterocycles. The van der Waals surface area contributed by atoms with Gasteiger partial charge in [0.15, 0.2) is 0 Å². The fourth-order valence-corrected chi connectivity index (χ4v) is 2.81. The standard InChI is InChI=1S/C16H13F3N4OS/c17-13-4-2-1-3-10(13)7-14-22-23-16(25-14)21-8-11-5-6-12(9-20-11)24-15(18)19/h1-6,9,15H,7-8H2,(H,21,23). The lowest BCUT2D eigenvalue weighted by molar-refractivity contribution is -0.0500. The Morgan fingerprint density at radius 1 is 1.12 bits per heavy atom. The number of aromatic nitrogens is 3. The van der Waals surface area contributed by atoms with Crippen molar-refractivity contribution in [3.63, 3.8) is 0 Å². The summed E-state index contributed by atoms with van der Waals surface area (Å²) in [6, 6.07) is 9.51. The van der Waals surface area contributed by atoms with Gasteiger partial charge in [-0.3, -0.25) is 4.98 Å². The van der Waals surface area contributed by atoms with Gasteiger partial charge in [0.05, 0.1) is 18.4 Å². The maximum Gasteiger partial charge on any atom is 0.387 e. The number of anilines is 1. The molecule has 0 amide bonds. The van der Waals surface area contributed by atoms with Crippen LogP contribution in [-0.2, 0) is 13.0 Å². The maximum absolute atomic E-state index is 13.6. The van der Waals surface area contributed by atoms with Crippen LogP contribution in [0.5, 0.6) is 5.75 Å². The molecule has 0 aliphatic carbocycles. The number of rotatable bonds is 7. The topological polar surface area (TPSA) is 59.9 Å². The Morgan fingerprint density at radius 3 is 2.68 bits per heavy atom. The molecular weight excluding hydrogens is 353 g/mol. The molecule has 1 N–H and O–H groups in total. The summed E-state index contributed by atoms with van der Waals surface area (Å²) in [5.74, 6) is -0.274. The van der Waals surface area contributed by atoms with Crippen LogP contribution in [0.4, 0.5) is 18.3 Å². The first kappa shape index (κ1) is 17.2. The van der Waals surface area contributed by atoms with E-state index < -0.39 is 6.61 Å². The number of halogens is 3. The van der Waals surface area contributed by atoms with E-state index >= 15 is 0 Å². The molecular formula is C16H13F3N4OS. The lowest BCUT2D eigenvalue weighted by Crippen LogP contribution is -2.04. The molecule has 0 saturated carbocycles. The summed E-state index contributed by atoms with van der Waals surface area (Å²) in [5, 5.41) is 12.3. The van der Waals surface area contributed by atoms with Crippen LogP contribution in [-0.4, -0.2) is 21.8 Å². The number of alkyl halides is 2.